The maximum Gasteiger partial charge on any atom is 0.338 e. The van der Waals surface area contributed by atoms with Crippen LogP contribution in [0.5, 0.6) is 0 Å². The van der Waals surface area contributed by atoms with E-state index in [0.29, 0.717) is 25.7 Å². The first-order valence-corrected chi connectivity index (χ1v) is 6.93. The second-order valence-electron chi connectivity index (χ2n) is 5.20. The molecule has 0 spiro atoms. The molecule has 0 N–H and O–H groups in total. The van der Waals surface area contributed by atoms with E-state index in [4.69, 9.17) is 10.00 Å². The van der Waals surface area contributed by atoms with E-state index < -0.39 is 23.4 Å². The molecule has 0 amide bonds. The fourth-order valence-electron chi connectivity index (χ4n) is 2.46. The number of carbonyl (C=O) groups excluding carboxylic acids is 1. The zero-order valence-electron chi connectivity index (χ0n) is 11.7. The van der Waals surface area contributed by atoms with Crippen molar-refractivity contribution >= 4 is 5.97 Å². The molecule has 0 heterocycles. The smallest absolute Gasteiger partial charge is 0.338 e. The van der Waals surface area contributed by atoms with Crippen LogP contribution in [0.1, 0.15) is 36.0 Å². The van der Waals surface area contributed by atoms with Gasteiger partial charge in [-0.3, -0.25) is 0 Å². The largest absolute Gasteiger partial charge is 0.459 e. The van der Waals surface area contributed by atoms with Crippen molar-refractivity contribution in [2.75, 3.05) is 0 Å². The van der Waals surface area contributed by atoms with Crippen molar-refractivity contribution in [2.45, 2.75) is 31.8 Å². The van der Waals surface area contributed by atoms with Gasteiger partial charge in [0.05, 0.1) is 5.56 Å². The molecule has 0 radical (unpaired) electrons. The molecule has 1 aromatic carbocycles. The van der Waals surface area contributed by atoms with E-state index >= 15 is 0 Å². The van der Waals surface area contributed by atoms with E-state index in [-0.39, 0.29) is 17.6 Å². The predicted molar refractivity (Wildman–Crippen MR) is 72.3 cm³/mol. The Balaban J connectivity index is 1.89. The lowest BCUT2D eigenvalue weighted by molar-refractivity contribution is 0.0183. The normalized spacial score (nSPS) is 22.0. The highest BCUT2D eigenvalue weighted by Gasteiger charge is 2.24. The molecule has 6 heteroatoms. The van der Waals surface area contributed by atoms with E-state index in [0.717, 1.165) is 18.2 Å². The molecule has 1 fully saturated rings. The Bertz CT molecular complexity index is 629. The van der Waals surface area contributed by atoms with Gasteiger partial charge in [0.1, 0.15) is 12.2 Å². The summed E-state index contributed by atoms with van der Waals surface area (Å²) in [6, 6.07) is 4.27. The van der Waals surface area contributed by atoms with Crippen LogP contribution in [0.25, 0.3) is 0 Å². The molecule has 0 atom stereocenters. The molecule has 116 valence electrons. The van der Waals surface area contributed by atoms with Crippen LogP contribution in [0.2, 0.25) is 0 Å². The number of halogens is 3. The van der Waals surface area contributed by atoms with Crippen molar-refractivity contribution in [1.29, 1.82) is 5.26 Å². The summed E-state index contributed by atoms with van der Waals surface area (Å²) in [7, 11) is 0. The Morgan fingerprint density at radius 1 is 1.23 bits per heavy atom. The van der Waals surface area contributed by atoms with Crippen LogP contribution < -0.4 is 0 Å². The minimum atomic E-state index is -1.10. The molecule has 3 nitrogen and oxygen atoms in total. The minimum Gasteiger partial charge on any atom is -0.459 e. The van der Waals surface area contributed by atoms with Gasteiger partial charge in [0.25, 0.3) is 0 Å². The van der Waals surface area contributed by atoms with Gasteiger partial charge in [-0.25, -0.2) is 13.6 Å². The molecular weight excluding hydrogens is 295 g/mol. The van der Waals surface area contributed by atoms with Gasteiger partial charge >= 0.3 is 5.97 Å². The van der Waals surface area contributed by atoms with Gasteiger partial charge in [0.2, 0.25) is 0 Å². The summed E-state index contributed by atoms with van der Waals surface area (Å²) < 4.78 is 44.0. The SMILES string of the molecule is N#C/C(F)=C/[C@H]1CC[C@H](OC(=O)c2ccc(F)c(F)c2)CC1. The molecule has 1 saturated carbocycles. The van der Waals surface area contributed by atoms with E-state index in [1.54, 1.807) is 0 Å². The number of allylic oxidation sites excluding steroid dienone is 2. The average molecular weight is 309 g/mol. The van der Waals surface area contributed by atoms with Crippen LogP contribution in [0.3, 0.4) is 0 Å². The Morgan fingerprint density at radius 2 is 1.91 bits per heavy atom. The van der Waals surface area contributed by atoms with Gasteiger partial charge in [0, 0.05) is 0 Å². The van der Waals surface area contributed by atoms with E-state index in [2.05, 4.69) is 0 Å². The summed E-state index contributed by atoms with van der Waals surface area (Å²) >= 11 is 0. The van der Waals surface area contributed by atoms with Crippen LogP contribution in [0, 0.1) is 28.9 Å². The predicted octanol–water partition coefficient (Wildman–Crippen LogP) is 4.06. The molecule has 0 saturated heterocycles. The third-order valence-corrected chi connectivity index (χ3v) is 3.64. The monoisotopic (exact) mass is 309 g/mol. The van der Waals surface area contributed by atoms with Crippen molar-refractivity contribution in [3.8, 4) is 6.07 Å². The average Bonchev–Trinajstić information content (AvgIpc) is 2.51. The number of hydrogen-bond acceptors (Lipinski definition) is 3. The number of rotatable bonds is 3. The number of carbonyl (C=O) groups is 1. The lowest BCUT2D eigenvalue weighted by atomic mass is 9.87. The van der Waals surface area contributed by atoms with E-state index in [1.807, 2.05) is 0 Å². The topological polar surface area (TPSA) is 50.1 Å². The Labute approximate surface area is 126 Å². The molecule has 22 heavy (non-hydrogen) atoms. The van der Waals surface area contributed by atoms with Gasteiger partial charge in [-0.2, -0.15) is 9.65 Å². The summed E-state index contributed by atoms with van der Waals surface area (Å²) in [6.45, 7) is 0. The first kappa shape index (κ1) is 16.1. The maximum absolute atomic E-state index is 13.1. The minimum absolute atomic E-state index is 0.0436. The highest BCUT2D eigenvalue weighted by molar-refractivity contribution is 5.89. The molecule has 1 aliphatic carbocycles. The molecule has 0 bridgehead atoms. The van der Waals surface area contributed by atoms with Gasteiger partial charge in [-0.1, -0.05) is 0 Å². The van der Waals surface area contributed by atoms with Crippen molar-refractivity contribution in [3.05, 3.63) is 47.3 Å². The third kappa shape index (κ3) is 4.10. The zero-order chi connectivity index (χ0) is 16.1. The lowest BCUT2D eigenvalue weighted by Crippen LogP contribution is -2.24. The van der Waals surface area contributed by atoms with Crippen LogP contribution >= 0.6 is 0 Å². The van der Waals surface area contributed by atoms with Crippen molar-refractivity contribution < 1.29 is 22.7 Å². The van der Waals surface area contributed by atoms with Gasteiger partial charge in [0.15, 0.2) is 17.5 Å². The van der Waals surface area contributed by atoms with Crippen molar-refractivity contribution in [3.63, 3.8) is 0 Å². The number of nitrogens with zero attached hydrogens (tertiary/aromatic N) is 1. The van der Waals surface area contributed by atoms with Crippen LogP contribution in [-0.2, 0) is 4.74 Å². The highest BCUT2D eigenvalue weighted by Crippen LogP contribution is 2.28. The Morgan fingerprint density at radius 3 is 2.50 bits per heavy atom. The molecular formula is C16H14F3NO2. The summed E-state index contributed by atoms with van der Waals surface area (Å²) in [4.78, 5) is 11.9. The second-order valence-corrected chi connectivity index (χ2v) is 5.20. The summed E-state index contributed by atoms with van der Waals surface area (Å²) in [5, 5.41) is 8.38. The molecule has 0 aromatic heterocycles. The van der Waals surface area contributed by atoms with E-state index in [1.165, 1.54) is 12.1 Å². The van der Waals surface area contributed by atoms with E-state index in [9.17, 15) is 18.0 Å². The Hall–Kier alpha value is -2.29. The molecule has 2 rings (SSSR count). The number of hydrogen-bond donors (Lipinski definition) is 0. The molecule has 1 aliphatic rings. The van der Waals surface area contributed by atoms with Crippen molar-refractivity contribution in [1.82, 2.24) is 0 Å². The third-order valence-electron chi connectivity index (χ3n) is 3.64. The lowest BCUT2D eigenvalue weighted by Gasteiger charge is -2.26. The zero-order valence-corrected chi connectivity index (χ0v) is 11.7. The number of ether oxygens (including phenoxy) is 1. The number of esters is 1. The van der Waals surface area contributed by atoms with Gasteiger partial charge < -0.3 is 4.74 Å². The molecule has 1 aromatic rings. The quantitative estimate of drug-likeness (QED) is 0.625. The fraction of sp³-hybridized carbons (Fsp3) is 0.375. The van der Waals surface area contributed by atoms with Gasteiger partial charge in [-0.15, -0.1) is 0 Å². The first-order chi connectivity index (χ1) is 10.5. The van der Waals surface area contributed by atoms with Crippen LogP contribution in [0.4, 0.5) is 13.2 Å². The number of benzene rings is 1. The van der Waals surface area contributed by atoms with Crippen molar-refractivity contribution in [2.24, 2.45) is 5.92 Å². The first-order valence-electron chi connectivity index (χ1n) is 6.93. The maximum atomic E-state index is 13.1. The summed E-state index contributed by atoms with van der Waals surface area (Å²) in [5.41, 5.74) is -0.0450. The van der Waals surface area contributed by atoms with Crippen LogP contribution in [-0.4, -0.2) is 12.1 Å². The standard InChI is InChI=1S/C16H14F3NO2/c17-12(9-20)7-10-1-4-13(5-2-10)22-16(21)11-3-6-14(18)15(19)8-11/h3,6-8,10,13H,1-2,4-5H2/b12-7-/t10-,13-. The molecule has 0 unspecified atom stereocenters. The fourth-order valence-corrected chi connectivity index (χ4v) is 2.46. The molecule has 0 aliphatic heterocycles. The highest BCUT2D eigenvalue weighted by atomic mass is 19.2. The number of nitriles is 1. The van der Waals surface area contributed by atoms with Gasteiger partial charge in [-0.05, 0) is 55.9 Å². The van der Waals surface area contributed by atoms with Crippen LogP contribution in [0.15, 0.2) is 30.1 Å². The second kappa shape index (κ2) is 7.12. The summed E-state index contributed by atoms with van der Waals surface area (Å²) in [5.74, 6) is -3.68. The Kier molecular flexibility index (Phi) is 5.21. The summed E-state index contributed by atoms with van der Waals surface area (Å²) in [6.07, 6.45) is 3.23.